The number of alkyl halides is 1. The zero-order valence-electron chi connectivity index (χ0n) is 5.51. The lowest BCUT2D eigenvalue weighted by Crippen LogP contribution is -2.41. The highest BCUT2D eigenvalue weighted by Crippen LogP contribution is 2.15. The number of aliphatic carboxylic acids is 1. The first-order chi connectivity index (χ1) is 4.72. The lowest BCUT2D eigenvalue weighted by atomic mass is 9.97. The van der Waals surface area contributed by atoms with Crippen molar-refractivity contribution in [3.63, 3.8) is 0 Å². The van der Waals surface area contributed by atoms with Crippen LogP contribution in [0.2, 0.25) is 0 Å². The monoisotopic (exact) mass is 147 g/mol. The minimum atomic E-state index is -1.22. The van der Waals surface area contributed by atoms with Crippen LogP contribution in [0.4, 0.5) is 4.39 Å². The van der Waals surface area contributed by atoms with Crippen molar-refractivity contribution in [1.82, 2.24) is 5.32 Å². The Hall–Kier alpha value is -0.640. The van der Waals surface area contributed by atoms with Gasteiger partial charge in [0.15, 0.2) is 0 Å². The Morgan fingerprint density at radius 1 is 1.70 bits per heavy atom. The van der Waals surface area contributed by atoms with Gasteiger partial charge in [0.25, 0.3) is 0 Å². The van der Waals surface area contributed by atoms with Gasteiger partial charge in [-0.05, 0) is 13.0 Å². The topological polar surface area (TPSA) is 49.3 Å². The van der Waals surface area contributed by atoms with Gasteiger partial charge in [0, 0.05) is 6.54 Å². The van der Waals surface area contributed by atoms with Crippen LogP contribution in [0.1, 0.15) is 6.42 Å². The lowest BCUT2D eigenvalue weighted by Gasteiger charge is -2.22. The minimum absolute atomic E-state index is 0.178. The van der Waals surface area contributed by atoms with Crippen molar-refractivity contribution in [3.05, 3.63) is 0 Å². The van der Waals surface area contributed by atoms with E-state index in [1.165, 1.54) is 0 Å². The first-order valence-electron chi connectivity index (χ1n) is 3.29. The summed E-state index contributed by atoms with van der Waals surface area (Å²) in [5.41, 5.74) is 0. The van der Waals surface area contributed by atoms with Gasteiger partial charge in [-0.1, -0.05) is 0 Å². The summed E-state index contributed by atoms with van der Waals surface area (Å²) in [6.45, 7) is 0.786. The second-order valence-corrected chi connectivity index (χ2v) is 2.45. The zero-order chi connectivity index (χ0) is 7.56. The molecular weight excluding hydrogens is 137 g/mol. The van der Waals surface area contributed by atoms with E-state index in [1.807, 2.05) is 0 Å². The average molecular weight is 147 g/mol. The molecule has 1 rings (SSSR count). The van der Waals surface area contributed by atoms with Crippen molar-refractivity contribution in [1.29, 1.82) is 0 Å². The third kappa shape index (κ3) is 1.44. The number of piperidine rings is 1. The molecule has 0 aromatic heterocycles. The number of carbonyl (C=O) groups is 1. The van der Waals surface area contributed by atoms with E-state index < -0.39 is 18.1 Å². The van der Waals surface area contributed by atoms with Crippen LogP contribution in [0.15, 0.2) is 0 Å². The highest BCUT2D eigenvalue weighted by molar-refractivity contribution is 5.70. The number of hydrogen-bond acceptors (Lipinski definition) is 2. The summed E-state index contributed by atoms with van der Waals surface area (Å²) in [7, 11) is 0. The first kappa shape index (κ1) is 7.47. The van der Waals surface area contributed by atoms with Crippen molar-refractivity contribution in [2.45, 2.75) is 12.6 Å². The third-order valence-corrected chi connectivity index (χ3v) is 1.73. The van der Waals surface area contributed by atoms with Gasteiger partial charge in [0.1, 0.15) is 6.17 Å². The highest BCUT2D eigenvalue weighted by Gasteiger charge is 2.30. The maximum atomic E-state index is 12.7. The molecule has 0 amide bonds. The van der Waals surface area contributed by atoms with Gasteiger partial charge >= 0.3 is 5.97 Å². The van der Waals surface area contributed by atoms with Crippen LogP contribution in [0.25, 0.3) is 0 Å². The summed E-state index contributed by atoms with van der Waals surface area (Å²) < 4.78 is 12.7. The second kappa shape index (κ2) is 2.96. The number of rotatable bonds is 1. The molecule has 4 heteroatoms. The fourth-order valence-corrected chi connectivity index (χ4v) is 1.10. The fraction of sp³-hybridized carbons (Fsp3) is 0.833. The highest BCUT2D eigenvalue weighted by atomic mass is 19.1. The lowest BCUT2D eigenvalue weighted by molar-refractivity contribution is -0.144. The molecule has 0 spiro atoms. The summed E-state index contributed by atoms with van der Waals surface area (Å²) in [4.78, 5) is 10.3. The summed E-state index contributed by atoms with van der Waals surface area (Å²) in [6, 6.07) is 0. The normalized spacial score (nSPS) is 33.7. The van der Waals surface area contributed by atoms with Crippen molar-refractivity contribution in [3.8, 4) is 0 Å². The molecule has 1 fully saturated rings. The zero-order valence-corrected chi connectivity index (χ0v) is 5.51. The molecule has 1 aliphatic heterocycles. The van der Waals surface area contributed by atoms with Crippen LogP contribution in [0, 0.1) is 5.92 Å². The van der Waals surface area contributed by atoms with Gasteiger partial charge in [0.05, 0.1) is 5.92 Å². The molecule has 58 valence electrons. The molecule has 1 saturated heterocycles. The molecule has 2 atom stereocenters. The van der Waals surface area contributed by atoms with E-state index in [0.717, 1.165) is 0 Å². The van der Waals surface area contributed by atoms with E-state index in [9.17, 15) is 9.18 Å². The van der Waals surface area contributed by atoms with Gasteiger partial charge < -0.3 is 10.4 Å². The number of halogens is 1. The van der Waals surface area contributed by atoms with Crippen LogP contribution >= 0.6 is 0 Å². The van der Waals surface area contributed by atoms with E-state index in [0.29, 0.717) is 13.0 Å². The molecule has 0 aliphatic carbocycles. The Morgan fingerprint density at radius 2 is 2.40 bits per heavy atom. The van der Waals surface area contributed by atoms with Crippen LogP contribution in [0.3, 0.4) is 0 Å². The predicted octanol–water partition coefficient (Wildman–Crippen LogP) is 0.0186. The van der Waals surface area contributed by atoms with E-state index in [-0.39, 0.29) is 6.54 Å². The van der Waals surface area contributed by atoms with E-state index in [1.54, 1.807) is 0 Å². The molecule has 1 heterocycles. The van der Waals surface area contributed by atoms with E-state index in [2.05, 4.69) is 5.32 Å². The average Bonchev–Trinajstić information content (AvgIpc) is 1.88. The van der Waals surface area contributed by atoms with Gasteiger partial charge in [-0.25, -0.2) is 4.39 Å². The third-order valence-electron chi connectivity index (χ3n) is 1.73. The van der Waals surface area contributed by atoms with Crippen molar-refractivity contribution in [2.24, 2.45) is 5.92 Å². The summed E-state index contributed by atoms with van der Waals surface area (Å²) >= 11 is 0. The predicted molar refractivity (Wildman–Crippen MR) is 33.5 cm³/mol. The Bertz CT molecular complexity index is 140. The molecule has 0 radical (unpaired) electrons. The number of nitrogens with one attached hydrogen (secondary N) is 1. The van der Waals surface area contributed by atoms with Gasteiger partial charge in [-0.15, -0.1) is 0 Å². The number of hydrogen-bond donors (Lipinski definition) is 2. The Morgan fingerprint density at radius 3 is 2.80 bits per heavy atom. The van der Waals surface area contributed by atoms with Gasteiger partial charge in [0.2, 0.25) is 0 Å². The molecule has 10 heavy (non-hydrogen) atoms. The molecular formula is C6H10FNO2. The fourth-order valence-electron chi connectivity index (χ4n) is 1.10. The second-order valence-electron chi connectivity index (χ2n) is 2.45. The maximum absolute atomic E-state index is 12.7. The van der Waals surface area contributed by atoms with Crippen LogP contribution in [0.5, 0.6) is 0 Å². The standard InChI is InChI=1S/C6H10FNO2/c7-5-3-8-2-1-4(5)6(9)10/h4-5,8H,1-3H2,(H,9,10)/t4-,5-/m0/s1. The SMILES string of the molecule is O=C(O)[C@H]1CCNC[C@@H]1F. The molecule has 0 aromatic carbocycles. The largest absolute Gasteiger partial charge is 0.481 e. The minimum Gasteiger partial charge on any atom is -0.481 e. The maximum Gasteiger partial charge on any atom is 0.309 e. The number of carboxylic acid groups (broad SMARTS) is 1. The molecule has 0 aromatic rings. The molecule has 0 unspecified atom stereocenters. The first-order valence-corrected chi connectivity index (χ1v) is 3.29. The molecule has 1 aliphatic rings. The van der Waals surface area contributed by atoms with Crippen molar-refractivity contribution < 1.29 is 14.3 Å². The van der Waals surface area contributed by atoms with Crippen molar-refractivity contribution >= 4 is 5.97 Å². The summed E-state index contributed by atoms with van der Waals surface area (Å²) in [5, 5.41) is 11.2. The van der Waals surface area contributed by atoms with Crippen molar-refractivity contribution in [2.75, 3.05) is 13.1 Å². The van der Waals surface area contributed by atoms with Crippen LogP contribution < -0.4 is 5.32 Å². The van der Waals surface area contributed by atoms with Crippen LogP contribution in [-0.4, -0.2) is 30.3 Å². The molecule has 0 bridgehead atoms. The summed E-state index contributed by atoms with van der Waals surface area (Å²) in [6.07, 6.45) is -0.817. The quantitative estimate of drug-likeness (QED) is 0.549. The van der Waals surface area contributed by atoms with E-state index >= 15 is 0 Å². The summed E-state index contributed by atoms with van der Waals surface area (Å²) in [5.74, 6) is -1.81. The molecule has 0 saturated carbocycles. The van der Waals surface area contributed by atoms with Gasteiger partial charge in [-0.3, -0.25) is 4.79 Å². The Labute approximate surface area is 58.2 Å². The number of carboxylic acids is 1. The Kier molecular flexibility index (Phi) is 2.21. The van der Waals surface area contributed by atoms with Gasteiger partial charge in [-0.2, -0.15) is 0 Å². The smallest absolute Gasteiger partial charge is 0.309 e. The Balaban J connectivity index is 2.47. The molecule has 2 N–H and O–H groups in total. The van der Waals surface area contributed by atoms with E-state index in [4.69, 9.17) is 5.11 Å². The van der Waals surface area contributed by atoms with Crippen LogP contribution in [-0.2, 0) is 4.79 Å². The molecule has 3 nitrogen and oxygen atoms in total.